The minimum atomic E-state index is -0.968. The molecule has 22 heavy (non-hydrogen) atoms. The van der Waals surface area contributed by atoms with Gasteiger partial charge in [0.2, 0.25) is 0 Å². The first-order valence-corrected chi connectivity index (χ1v) is 7.22. The molecule has 6 nitrogen and oxygen atoms in total. The number of rotatable bonds is 6. The number of nitrogens with two attached hydrogens (primary N) is 1. The lowest BCUT2D eigenvalue weighted by Gasteiger charge is -2.19. The number of hydrogen-bond acceptors (Lipinski definition) is 5. The maximum atomic E-state index is 11.4. The molecule has 0 aromatic heterocycles. The van der Waals surface area contributed by atoms with Gasteiger partial charge in [-0.15, -0.1) is 0 Å². The summed E-state index contributed by atoms with van der Waals surface area (Å²) in [6, 6.07) is 7.76. The van der Waals surface area contributed by atoms with Crippen LogP contribution in [0.15, 0.2) is 24.3 Å². The summed E-state index contributed by atoms with van der Waals surface area (Å²) in [6.07, 6.45) is 1.07. The van der Waals surface area contributed by atoms with Crippen LogP contribution < -0.4 is 11.1 Å². The predicted octanol–water partition coefficient (Wildman–Crippen LogP) is 2.20. The van der Waals surface area contributed by atoms with Crippen molar-refractivity contribution in [3.05, 3.63) is 29.8 Å². The zero-order valence-electron chi connectivity index (χ0n) is 13.6. The lowest BCUT2D eigenvalue weighted by Crippen LogP contribution is -2.27. The van der Waals surface area contributed by atoms with Crippen molar-refractivity contribution in [1.82, 2.24) is 0 Å². The average molecular weight is 310 g/mol. The Bertz CT molecular complexity index is 477. The molecule has 0 spiro atoms. The minimum Gasteiger partial charge on any atom is -0.480 e. The maximum Gasteiger partial charge on any atom is 0.327 e. The van der Waals surface area contributed by atoms with Gasteiger partial charge in [0, 0.05) is 5.69 Å². The molecule has 1 aromatic rings. The summed E-state index contributed by atoms with van der Waals surface area (Å²) in [7, 11) is 1.40. The Morgan fingerprint density at radius 2 is 1.86 bits per heavy atom. The van der Waals surface area contributed by atoms with Crippen molar-refractivity contribution in [3.63, 3.8) is 0 Å². The highest BCUT2D eigenvalue weighted by Crippen LogP contribution is 2.26. The average Bonchev–Trinajstić information content (AvgIpc) is 2.54. The standard InChI is InChI=1S/C14H21NO2.C2H5NO2/c1-5-10(2)12-8-6-7-9-13(12)15-11(3)14(16)17-4;3-1-2(4)5/h6-11,15H,5H2,1-4H3;1,3H2,(H,4,5)/t10?,11-;/m0./s1. The Morgan fingerprint density at radius 3 is 2.32 bits per heavy atom. The number of carboxylic acid groups (broad SMARTS) is 1. The number of ether oxygens (including phenoxy) is 1. The normalized spacial score (nSPS) is 12.4. The molecule has 4 N–H and O–H groups in total. The molecular formula is C16H26N2O4. The molecule has 0 heterocycles. The van der Waals surface area contributed by atoms with Crippen LogP contribution in [0.1, 0.15) is 38.7 Å². The third-order valence-corrected chi connectivity index (χ3v) is 3.21. The molecule has 0 aliphatic heterocycles. The zero-order chi connectivity index (χ0) is 17.1. The van der Waals surface area contributed by atoms with Gasteiger partial charge < -0.3 is 20.9 Å². The number of benzene rings is 1. The Kier molecular flexibility index (Phi) is 9.61. The van der Waals surface area contributed by atoms with Crippen LogP contribution in [-0.2, 0) is 14.3 Å². The number of carbonyl (C=O) groups is 2. The van der Waals surface area contributed by atoms with E-state index in [2.05, 4.69) is 31.0 Å². The van der Waals surface area contributed by atoms with E-state index in [1.54, 1.807) is 6.92 Å². The largest absolute Gasteiger partial charge is 0.480 e. The van der Waals surface area contributed by atoms with Crippen LogP contribution in [0.5, 0.6) is 0 Å². The van der Waals surface area contributed by atoms with Crippen molar-refractivity contribution in [1.29, 1.82) is 0 Å². The molecule has 0 fully saturated rings. The van der Waals surface area contributed by atoms with Gasteiger partial charge in [0.25, 0.3) is 0 Å². The van der Waals surface area contributed by atoms with Gasteiger partial charge in [0.15, 0.2) is 0 Å². The number of hydrogen-bond donors (Lipinski definition) is 3. The predicted molar refractivity (Wildman–Crippen MR) is 86.9 cm³/mol. The minimum absolute atomic E-state index is 0.246. The molecule has 0 aliphatic rings. The summed E-state index contributed by atoms with van der Waals surface area (Å²) in [5.74, 6) is -0.738. The molecule has 0 radical (unpaired) electrons. The SMILES string of the molecule is CCC(C)c1ccccc1N[C@@H](C)C(=O)OC.NCC(=O)O. The van der Waals surface area contributed by atoms with Gasteiger partial charge in [-0.25, -0.2) is 4.79 Å². The number of para-hydroxylation sites is 1. The summed E-state index contributed by atoms with van der Waals surface area (Å²) in [4.78, 5) is 20.6. The van der Waals surface area contributed by atoms with Gasteiger partial charge in [-0.3, -0.25) is 4.79 Å². The molecule has 124 valence electrons. The lowest BCUT2D eigenvalue weighted by molar-refractivity contribution is -0.141. The molecule has 0 saturated heterocycles. The highest BCUT2D eigenvalue weighted by molar-refractivity contribution is 5.79. The van der Waals surface area contributed by atoms with E-state index in [0.29, 0.717) is 5.92 Å². The van der Waals surface area contributed by atoms with Gasteiger partial charge >= 0.3 is 11.9 Å². The first kappa shape index (κ1) is 19.9. The van der Waals surface area contributed by atoms with E-state index in [-0.39, 0.29) is 18.6 Å². The van der Waals surface area contributed by atoms with Crippen LogP contribution in [0.4, 0.5) is 5.69 Å². The van der Waals surface area contributed by atoms with Gasteiger partial charge in [-0.05, 0) is 30.9 Å². The van der Waals surface area contributed by atoms with Gasteiger partial charge in [-0.1, -0.05) is 32.0 Å². The van der Waals surface area contributed by atoms with E-state index in [1.807, 2.05) is 18.2 Å². The number of aliphatic carboxylic acids is 1. The number of carboxylic acids is 1. The number of nitrogens with one attached hydrogen (secondary N) is 1. The second-order valence-electron chi connectivity index (χ2n) is 4.88. The second kappa shape index (κ2) is 10.6. The van der Waals surface area contributed by atoms with Gasteiger partial charge in [-0.2, -0.15) is 0 Å². The first-order chi connectivity index (χ1) is 10.4. The van der Waals surface area contributed by atoms with Crippen LogP contribution in [0, 0.1) is 0 Å². The fourth-order valence-electron chi connectivity index (χ4n) is 1.75. The third-order valence-electron chi connectivity index (χ3n) is 3.21. The Labute approximate surface area is 131 Å². The van der Waals surface area contributed by atoms with Crippen molar-refractivity contribution in [2.75, 3.05) is 19.0 Å². The number of esters is 1. The van der Waals surface area contributed by atoms with Crippen molar-refractivity contribution >= 4 is 17.6 Å². The van der Waals surface area contributed by atoms with Crippen LogP contribution in [-0.4, -0.2) is 36.7 Å². The Morgan fingerprint density at radius 1 is 1.32 bits per heavy atom. The molecule has 1 aromatic carbocycles. The summed E-state index contributed by atoms with van der Waals surface area (Å²) in [6.45, 7) is 5.87. The first-order valence-electron chi connectivity index (χ1n) is 7.22. The molecule has 0 amide bonds. The van der Waals surface area contributed by atoms with Crippen molar-refractivity contribution in [3.8, 4) is 0 Å². The van der Waals surface area contributed by atoms with Crippen LogP contribution in [0.3, 0.4) is 0 Å². The fraction of sp³-hybridized carbons (Fsp3) is 0.500. The van der Waals surface area contributed by atoms with Crippen molar-refractivity contribution in [2.24, 2.45) is 5.73 Å². The van der Waals surface area contributed by atoms with Crippen LogP contribution in [0.2, 0.25) is 0 Å². The maximum absolute atomic E-state index is 11.4. The monoisotopic (exact) mass is 310 g/mol. The van der Waals surface area contributed by atoms with Gasteiger partial charge in [0.05, 0.1) is 13.7 Å². The van der Waals surface area contributed by atoms with E-state index in [0.717, 1.165) is 12.1 Å². The molecule has 1 unspecified atom stereocenters. The van der Waals surface area contributed by atoms with E-state index in [1.165, 1.54) is 12.7 Å². The zero-order valence-corrected chi connectivity index (χ0v) is 13.6. The van der Waals surface area contributed by atoms with Crippen LogP contribution in [0.25, 0.3) is 0 Å². The molecule has 0 aliphatic carbocycles. The summed E-state index contributed by atoms with van der Waals surface area (Å²) >= 11 is 0. The van der Waals surface area contributed by atoms with Crippen molar-refractivity contribution in [2.45, 2.75) is 39.2 Å². The molecule has 2 atom stereocenters. The van der Waals surface area contributed by atoms with E-state index in [4.69, 9.17) is 9.84 Å². The molecular weight excluding hydrogens is 284 g/mol. The Balaban J connectivity index is 0.000000763. The van der Waals surface area contributed by atoms with Crippen molar-refractivity contribution < 1.29 is 19.4 Å². The smallest absolute Gasteiger partial charge is 0.327 e. The second-order valence-corrected chi connectivity index (χ2v) is 4.88. The highest BCUT2D eigenvalue weighted by atomic mass is 16.5. The molecule has 6 heteroatoms. The summed E-state index contributed by atoms with van der Waals surface area (Å²) < 4.78 is 4.71. The quantitative estimate of drug-likeness (QED) is 0.696. The highest BCUT2D eigenvalue weighted by Gasteiger charge is 2.15. The van der Waals surface area contributed by atoms with Crippen LogP contribution >= 0.6 is 0 Å². The van der Waals surface area contributed by atoms with E-state index < -0.39 is 5.97 Å². The molecule has 0 bridgehead atoms. The van der Waals surface area contributed by atoms with Gasteiger partial charge in [0.1, 0.15) is 6.04 Å². The van der Waals surface area contributed by atoms with E-state index in [9.17, 15) is 9.59 Å². The molecule has 0 saturated carbocycles. The lowest BCUT2D eigenvalue weighted by atomic mass is 9.96. The number of methoxy groups -OCH3 is 1. The molecule has 1 rings (SSSR count). The third kappa shape index (κ3) is 7.08. The summed E-state index contributed by atoms with van der Waals surface area (Å²) in [5.41, 5.74) is 6.83. The fourth-order valence-corrected chi connectivity index (χ4v) is 1.75. The number of anilines is 1. The summed E-state index contributed by atoms with van der Waals surface area (Å²) in [5, 5.41) is 10.8. The van der Waals surface area contributed by atoms with E-state index >= 15 is 0 Å². The Hall–Kier alpha value is -2.08. The topological polar surface area (TPSA) is 102 Å². The number of carbonyl (C=O) groups excluding carboxylic acids is 1.